The van der Waals surface area contributed by atoms with Crippen LogP contribution >= 0.6 is 0 Å². The predicted octanol–water partition coefficient (Wildman–Crippen LogP) is 2.93. The summed E-state index contributed by atoms with van der Waals surface area (Å²) in [6.07, 6.45) is 2.41. The number of hydrogen-bond acceptors (Lipinski definition) is 2. The van der Waals surface area contributed by atoms with Crippen LogP contribution in [0.1, 0.15) is 24.0 Å². The van der Waals surface area contributed by atoms with Gasteiger partial charge in [-0.3, -0.25) is 4.79 Å². The maximum Gasteiger partial charge on any atom is 0.220 e. The van der Waals surface area contributed by atoms with Crippen LogP contribution in [0.15, 0.2) is 54.6 Å². The van der Waals surface area contributed by atoms with Crippen LogP contribution in [0, 0.1) is 0 Å². The fourth-order valence-electron chi connectivity index (χ4n) is 2.53. The molecule has 1 heterocycles. The molecule has 0 spiro atoms. The van der Waals surface area contributed by atoms with Crippen LogP contribution in [-0.2, 0) is 11.2 Å². The highest BCUT2D eigenvalue weighted by Gasteiger charge is 2.20. The second kappa shape index (κ2) is 6.44. The maximum absolute atomic E-state index is 11.1. The van der Waals surface area contributed by atoms with Crippen LogP contribution in [0.4, 0.5) is 0 Å². The van der Waals surface area contributed by atoms with Crippen LogP contribution in [0.2, 0.25) is 0 Å². The fraction of sp³-hybridized carbons (Fsp3) is 0.278. The van der Waals surface area contributed by atoms with Gasteiger partial charge in [0.05, 0.1) is 6.04 Å². The van der Waals surface area contributed by atoms with Crippen LogP contribution in [-0.4, -0.2) is 18.6 Å². The average Bonchev–Trinajstić information content (AvgIpc) is 2.93. The number of ether oxygens (including phenoxy) is 1. The summed E-state index contributed by atoms with van der Waals surface area (Å²) >= 11 is 0. The van der Waals surface area contributed by atoms with Crippen molar-refractivity contribution in [3.63, 3.8) is 0 Å². The normalized spacial score (nSPS) is 17.5. The lowest BCUT2D eigenvalue weighted by Crippen LogP contribution is -2.30. The Morgan fingerprint density at radius 1 is 1.00 bits per heavy atom. The van der Waals surface area contributed by atoms with Crippen molar-refractivity contribution in [2.45, 2.75) is 25.3 Å². The van der Waals surface area contributed by atoms with Crippen molar-refractivity contribution >= 4 is 5.91 Å². The first-order valence-electron chi connectivity index (χ1n) is 7.34. The molecule has 1 saturated heterocycles. The Hall–Kier alpha value is -2.29. The Kier molecular flexibility index (Phi) is 4.20. The highest BCUT2D eigenvalue weighted by atomic mass is 16.5. The molecule has 108 valence electrons. The SMILES string of the molecule is O=C1CC[C@H](COc2ccc(Cc3ccccc3)cc2)N1. The zero-order valence-corrected chi connectivity index (χ0v) is 11.9. The van der Waals surface area contributed by atoms with E-state index in [4.69, 9.17) is 4.74 Å². The average molecular weight is 281 g/mol. The zero-order chi connectivity index (χ0) is 14.5. The highest BCUT2D eigenvalue weighted by Crippen LogP contribution is 2.16. The Morgan fingerprint density at radius 2 is 1.71 bits per heavy atom. The van der Waals surface area contributed by atoms with E-state index in [-0.39, 0.29) is 11.9 Å². The molecule has 0 aliphatic carbocycles. The van der Waals surface area contributed by atoms with E-state index in [2.05, 4.69) is 41.7 Å². The van der Waals surface area contributed by atoms with E-state index in [0.717, 1.165) is 18.6 Å². The molecule has 3 nitrogen and oxygen atoms in total. The summed E-state index contributed by atoms with van der Waals surface area (Å²) in [5.74, 6) is 0.981. The Bertz CT molecular complexity index is 592. The summed E-state index contributed by atoms with van der Waals surface area (Å²) in [5.41, 5.74) is 2.57. The van der Waals surface area contributed by atoms with E-state index >= 15 is 0 Å². The van der Waals surface area contributed by atoms with Crippen molar-refractivity contribution in [2.24, 2.45) is 0 Å². The standard InChI is InChI=1S/C18H19NO2/c20-18-11-8-16(19-18)13-21-17-9-6-15(7-10-17)12-14-4-2-1-3-5-14/h1-7,9-10,16H,8,11-13H2,(H,19,20)/t16-/m1/s1. The molecule has 0 bridgehead atoms. The third-order valence-corrected chi connectivity index (χ3v) is 3.71. The van der Waals surface area contributed by atoms with Gasteiger partial charge in [-0.25, -0.2) is 0 Å². The molecule has 21 heavy (non-hydrogen) atoms. The van der Waals surface area contributed by atoms with Crippen LogP contribution in [0.25, 0.3) is 0 Å². The molecule has 0 unspecified atom stereocenters. The molecule has 0 saturated carbocycles. The summed E-state index contributed by atoms with van der Waals surface area (Å²) in [4.78, 5) is 11.1. The molecular formula is C18H19NO2. The predicted molar refractivity (Wildman–Crippen MR) is 82.3 cm³/mol. The van der Waals surface area contributed by atoms with Gasteiger partial charge >= 0.3 is 0 Å². The summed E-state index contributed by atoms with van der Waals surface area (Å²) in [6.45, 7) is 0.545. The van der Waals surface area contributed by atoms with E-state index in [1.165, 1.54) is 11.1 Å². The minimum Gasteiger partial charge on any atom is -0.491 e. The number of carbonyl (C=O) groups is 1. The van der Waals surface area contributed by atoms with Crippen molar-refractivity contribution in [3.8, 4) is 5.75 Å². The van der Waals surface area contributed by atoms with Gasteiger partial charge in [0.1, 0.15) is 12.4 Å². The minimum atomic E-state index is 0.127. The van der Waals surface area contributed by atoms with E-state index in [1.54, 1.807) is 0 Å². The van der Waals surface area contributed by atoms with Crippen molar-refractivity contribution in [2.75, 3.05) is 6.61 Å². The Morgan fingerprint density at radius 3 is 2.38 bits per heavy atom. The van der Waals surface area contributed by atoms with Gasteiger partial charge in [0.2, 0.25) is 5.91 Å². The zero-order valence-electron chi connectivity index (χ0n) is 11.9. The van der Waals surface area contributed by atoms with Crippen molar-refractivity contribution in [1.29, 1.82) is 0 Å². The number of hydrogen-bond donors (Lipinski definition) is 1. The van der Waals surface area contributed by atoms with Gasteiger partial charge in [0.25, 0.3) is 0 Å². The molecule has 3 rings (SSSR count). The maximum atomic E-state index is 11.1. The lowest BCUT2D eigenvalue weighted by molar-refractivity contribution is -0.119. The number of nitrogens with one attached hydrogen (secondary N) is 1. The van der Waals surface area contributed by atoms with E-state index in [1.807, 2.05) is 18.2 Å². The molecule has 1 N–H and O–H groups in total. The van der Waals surface area contributed by atoms with Gasteiger partial charge in [-0.15, -0.1) is 0 Å². The third-order valence-electron chi connectivity index (χ3n) is 3.71. The van der Waals surface area contributed by atoms with E-state index in [0.29, 0.717) is 13.0 Å². The topological polar surface area (TPSA) is 38.3 Å². The molecule has 1 aliphatic rings. The second-order valence-electron chi connectivity index (χ2n) is 5.42. The highest BCUT2D eigenvalue weighted by molar-refractivity contribution is 5.78. The molecule has 1 fully saturated rings. The Labute approximate surface area is 124 Å². The van der Waals surface area contributed by atoms with Crippen molar-refractivity contribution in [3.05, 3.63) is 65.7 Å². The van der Waals surface area contributed by atoms with Crippen molar-refractivity contribution < 1.29 is 9.53 Å². The van der Waals surface area contributed by atoms with E-state index in [9.17, 15) is 4.79 Å². The molecular weight excluding hydrogens is 262 g/mol. The number of rotatable bonds is 5. The first-order chi connectivity index (χ1) is 10.3. The van der Waals surface area contributed by atoms with Crippen molar-refractivity contribution in [1.82, 2.24) is 5.32 Å². The molecule has 1 atom stereocenters. The second-order valence-corrected chi connectivity index (χ2v) is 5.42. The number of benzene rings is 2. The number of carbonyl (C=O) groups excluding carboxylic acids is 1. The lowest BCUT2D eigenvalue weighted by atomic mass is 10.1. The van der Waals surface area contributed by atoms with Gasteiger partial charge in [-0.2, -0.15) is 0 Å². The minimum absolute atomic E-state index is 0.127. The van der Waals surface area contributed by atoms with Crippen LogP contribution < -0.4 is 10.1 Å². The molecule has 0 aromatic heterocycles. The van der Waals surface area contributed by atoms with Gasteiger partial charge in [-0.05, 0) is 36.1 Å². The summed E-state index contributed by atoms with van der Waals surface area (Å²) in [5, 5.41) is 2.90. The van der Waals surface area contributed by atoms with Gasteiger partial charge in [-0.1, -0.05) is 42.5 Å². The summed E-state index contributed by atoms with van der Waals surface area (Å²) in [6, 6.07) is 18.7. The van der Waals surface area contributed by atoms with Gasteiger partial charge in [0.15, 0.2) is 0 Å². The lowest BCUT2D eigenvalue weighted by Gasteiger charge is -2.12. The Balaban J connectivity index is 1.53. The van der Waals surface area contributed by atoms with Crippen LogP contribution in [0.5, 0.6) is 5.75 Å². The van der Waals surface area contributed by atoms with Gasteiger partial charge < -0.3 is 10.1 Å². The molecule has 2 aromatic carbocycles. The summed E-state index contributed by atoms with van der Waals surface area (Å²) in [7, 11) is 0. The molecule has 3 heteroatoms. The van der Waals surface area contributed by atoms with E-state index < -0.39 is 0 Å². The molecule has 1 amide bonds. The fourth-order valence-corrected chi connectivity index (χ4v) is 2.53. The monoisotopic (exact) mass is 281 g/mol. The summed E-state index contributed by atoms with van der Waals surface area (Å²) < 4.78 is 5.73. The smallest absolute Gasteiger partial charge is 0.220 e. The molecule has 0 radical (unpaired) electrons. The first-order valence-corrected chi connectivity index (χ1v) is 7.34. The quantitative estimate of drug-likeness (QED) is 0.915. The largest absolute Gasteiger partial charge is 0.491 e. The van der Waals surface area contributed by atoms with Crippen LogP contribution in [0.3, 0.4) is 0 Å². The number of amides is 1. The van der Waals surface area contributed by atoms with Gasteiger partial charge in [0, 0.05) is 6.42 Å². The molecule has 2 aromatic rings. The molecule has 1 aliphatic heterocycles. The third kappa shape index (κ3) is 3.85. The first kappa shape index (κ1) is 13.7.